The molecule has 100 valence electrons. The first-order chi connectivity index (χ1) is 8.99. The first-order valence-electron chi connectivity index (χ1n) is 5.10. The molecule has 0 bridgehead atoms. The van der Waals surface area contributed by atoms with Crippen LogP contribution in [0.5, 0.6) is 0 Å². The Kier molecular flexibility index (Phi) is 5.03. The van der Waals surface area contributed by atoms with Crippen LogP contribution in [0.2, 0.25) is 14.4 Å². The van der Waals surface area contributed by atoms with E-state index in [1.165, 1.54) is 0 Å². The lowest BCUT2D eigenvalue weighted by atomic mass is 10.3. The predicted octanol–water partition coefficient (Wildman–Crippen LogP) is 4.70. The first kappa shape index (κ1) is 15.0. The van der Waals surface area contributed by atoms with E-state index in [-0.39, 0.29) is 11.5 Å². The predicted molar refractivity (Wildman–Crippen MR) is 81.4 cm³/mol. The van der Waals surface area contributed by atoms with Crippen LogP contribution in [0.1, 0.15) is 9.67 Å². The highest BCUT2D eigenvalue weighted by atomic mass is 35.5. The molecule has 0 aliphatic rings. The summed E-state index contributed by atoms with van der Waals surface area (Å²) >= 11 is 18.8. The monoisotopic (exact) mass is 352 g/mol. The molecule has 0 aliphatic heterocycles. The van der Waals surface area contributed by atoms with Crippen LogP contribution < -0.4 is 0 Å². The van der Waals surface area contributed by atoms with E-state index in [2.05, 4.69) is 0 Å². The largest absolute Gasteiger partial charge is 0.292 e. The number of hydrogen-bond donors (Lipinski definition) is 0. The van der Waals surface area contributed by atoms with Crippen molar-refractivity contribution in [2.45, 2.75) is 4.90 Å². The molecule has 1 unspecified atom stereocenters. The SMILES string of the molecule is O=C(CS(=O)c1c(Cl)cccc1Cl)c1ccc(Cl)s1. The zero-order valence-corrected chi connectivity index (χ0v) is 13.3. The molecule has 1 heterocycles. The lowest BCUT2D eigenvalue weighted by molar-refractivity contribution is 0.102. The van der Waals surface area contributed by atoms with Crippen molar-refractivity contribution in [3.05, 3.63) is 49.6 Å². The topological polar surface area (TPSA) is 34.1 Å². The van der Waals surface area contributed by atoms with E-state index in [0.717, 1.165) is 11.3 Å². The number of benzene rings is 1. The minimum atomic E-state index is -1.58. The van der Waals surface area contributed by atoms with Crippen LogP contribution in [0.4, 0.5) is 0 Å². The fourth-order valence-electron chi connectivity index (χ4n) is 1.43. The Morgan fingerprint density at radius 2 is 1.74 bits per heavy atom. The molecule has 1 aromatic heterocycles. The van der Waals surface area contributed by atoms with Gasteiger partial charge in [0, 0.05) is 0 Å². The molecule has 2 aromatic rings. The maximum absolute atomic E-state index is 12.2. The van der Waals surface area contributed by atoms with Crippen LogP contribution in [0.3, 0.4) is 0 Å². The van der Waals surface area contributed by atoms with Crippen molar-refractivity contribution in [1.82, 2.24) is 0 Å². The molecule has 0 aliphatic carbocycles. The van der Waals surface area contributed by atoms with Crippen LogP contribution in [-0.2, 0) is 10.8 Å². The summed E-state index contributed by atoms with van der Waals surface area (Å²) < 4.78 is 12.7. The van der Waals surface area contributed by atoms with Crippen molar-refractivity contribution in [3.8, 4) is 0 Å². The third kappa shape index (κ3) is 3.58. The van der Waals surface area contributed by atoms with Gasteiger partial charge in [0.25, 0.3) is 0 Å². The number of carbonyl (C=O) groups is 1. The van der Waals surface area contributed by atoms with Crippen molar-refractivity contribution in [1.29, 1.82) is 0 Å². The molecular formula is C12H7Cl3O2S2. The van der Waals surface area contributed by atoms with Crippen molar-refractivity contribution in [3.63, 3.8) is 0 Å². The number of hydrogen-bond acceptors (Lipinski definition) is 3. The van der Waals surface area contributed by atoms with E-state index >= 15 is 0 Å². The second-order valence-electron chi connectivity index (χ2n) is 3.57. The van der Waals surface area contributed by atoms with Gasteiger partial charge < -0.3 is 0 Å². The molecular weight excluding hydrogens is 347 g/mol. The fourth-order valence-corrected chi connectivity index (χ4v) is 4.52. The van der Waals surface area contributed by atoms with E-state index in [1.807, 2.05) is 0 Å². The summed E-state index contributed by atoms with van der Waals surface area (Å²) in [5, 5.41) is 0.589. The van der Waals surface area contributed by atoms with Gasteiger partial charge in [-0.3, -0.25) is 9.00 Å². The highest BCUT2D eigenvalue weighted by molar-refractivity contribution is 7.86. The van der Waals surface area contributed by atoms with Crippen molar-refractivity contribution < 1.29 is 9.00 Å². The summed E-state index contributed by atoms with van der Waals surface area (Å²) in [6, 6.07) is 8.08. The minimum absolute atomic E-state index is 0.166. The molecule has 0 radical (unpaired) electrons. The van der Waals surface area contributed by atoms with Gasteiger partial charge in [0.1, 0.15) is 0 Å². The third-order valence-electron chi connectivity index (χ3n) is 2.26. The number of Topliss-reactive ketones (excluding diaryl/α,β-unsaturated/α-hetero) is 1. The Morgan fingerprint density at radius 1 is 1.11 bits per heavy atom. The average Bonchev–Trinajstić information content (AvgIpc) is 2.75. The van der Waals surface area contributed by atoms with Gasteiger partial charge in [-0.1, -0.05) is 40.9 Å². The van der Waals surface area contributed by atoms with Crippen molar-refractivity contribution in [2.24, 2.45) is 0 Å². The normalized spacial score (nSPS) is 12.4. The summed E-state index contributed by atoms with van der Waals surface area (Å²) in [6.07, 6.45) is 0. The summed E-state index contributed by atoms with van der Waals surface area (Å²) in [5.74, 6) is -0.411. The fraction of sp³-hybridized carbons (Fsp3) is 0.0833. The van der Waals surface area contributed by atoms with Gasteiger partial charge in [0.2, 0.25) is 0 Å². The summed E-state index contributed by atoms with van der Waals surface area (Å²) in [4.78, 5) is 12.7. The number of rotatable bonds is 4. The van der Waals surface area contributed by atoms with E-state index < -0.39 is 10.8 Å². The second-order valence-corrected chi connectivity index (χ2v) is 7.49. The molecule has 2 rings (SSSR count). The molecule has 1 aromatic carbocycles. The Morgan fingerprint density at radius 3 is 2.26 bits per heavy atom. The zero-order chi connectivity index (χ0) is 14.0. The van der Waals surface area contributed by atoms with Crippen LogP contribution in [0.25, 0.3) is 0 Å². The van der Waals surface area contributed by atoms with Gasteiger partial charge in [-0.2, -0.15) is 0 Å². The van der Waals surface area contributed by atoms with E-state index in [9.17, 15) is 9.00 Å². The Hall–Kier alpha value is -0.390. The second kappa shape index (κ2) is 6.37. The van der Waals surface area contributed by atoms with Gasteiger partial charge in [-0.05, 0) is 24.3 Å². The number of ketones is 1. The number of thiophene rings is 1. The quantitative estimate of drug-likeness (QED) is 0.747. The van der Waals surface area contributed by atoms with Gasteiger partial charge in [-0.25, -0.2) is 0 Å². The Balaban J connectivity index is 2.20. The zero-order valence-electron chi connectivity index (χ0n) is 9.36. The molecule has 0 saturated heterocycles. The van der Waals surface area contributed by atoms with Crippen LogP contribution in [-0.4, -0.2) is 15.7 Å². The Labute approximate surface area is 131 Å². The van der Waals surface area contributed by atoms with E-state index in [0.29, 0.717) is 24.2 Å². The Bertz CT molecular complexity index is 632. The standard InChI is InChI=1S/C12H7Cl3O2S2/c13-7-2-1-3-8(14)12(7)19(17)6-9(16)10-4-5-11(15)18-10/h1-5H,6H2. The summed E-state index contributed by atoms with van der Waals surface area (Å²) in [5.41, 5.74) is 0. The third-order valence-corrected chi connectivity index (χ3v) is 5.80. The highest BCUT2D eigenvalue weighted by Crippen LogP contribution is 2.29. The number of carbonyl (C=O) groups excluding carboxylic acids is 1. The lowest BCUT2D eigenvalue weighted by Crippen LogP contribution is -2.10. The maximum atomic E-state index is 12.2. The van der Waals surface area contributed by atoms with E-state index in [1.54, 1.807) is 30.3 Å². The van der Waals surface area contributed by atoms with Crippen LogP contribution in [0, 0.1) is 0 Å². The van der Waals surface area contributed by atoms with Gasteiger partial charge >= 0.3 is 0 Å². The molecule has 0 N–H and O–H groups in total. The van der Waals surface area contributed by atoms with E-state index in [4.69, 9.17) is 34.8 Å². The summed E-state index contributed by atoms with van der Waals surface area (Å²) in [6.45, 7) is 0. The number of halogens is 3. The molecule has 0 saturated carbocycles. The molecule has 7 heteroatoms. The average molecular weight is 354 g/mol. The molecule has 0 amide bonds. The molecule has 19 heavy (non-hydrogen) atoms. The van der Waals surface area contributed by atoms with Crippen molar-refractivity contribution in [2.75, 3.05) is 5.75 Å². The molecule has 1 atom stereocenters. The van der Waals surface area contributed by atoms with Crippen LogP contribution >= 0.6 is 46.1 Å². The first-order valence-corrected chi connectivity index (χ1v) is 8.37. The molecule has 0 spiro atoms. The minimum Gasteiger partial charge on any atom is -0.292 e. The lowest BCUT2D eigenvalue weighted by Gasteiger charge is -2.05. The van der Waals surface area contributed by atoms with Gasteiger partial charge in [0.05, 0.1) is 40.7 Å². The molecule has 2 nitrogen and oxygen atoms in total. The smallest absolute Gasteiger partial charge is 0.185 e. The van der Waals surface area contributed by atoms with Crippen LogP contribution in [0.15, 0.2) is 35.2 Å². The molecule has 0 fully saturated rings. The van der Waals surface area contributed by atoms with Crippen molar-refractivity contribution >= 4 is 62.7 Å². The maximum Gasteiger partial charge on any atom is 0.185 e. The van der Waals surface area contributed by atoms with Gasteiger partial charge in [-0.15, -0.1) is 11.3 Å². The van der Waals surface area contributed by atoms with Gasteiger partial charge in [0.15, 0.2) is 5.78 Å². The summed E-state index contributed by atoms with van der Waals surface area (Å²) in [7, 11) is -1.58. The highest BCUT2D eigenvalue weighted by Gasteiger charge is 2.18.